The molecule has 4 fully saturated rings. The fourth-order valence-corrected chi connectivity index (χ4v) is 8.55. The molecule has 0 radical (unpaired) electrons. The molecule has 0 unspecified atom stereocenters. The number of nitrogens with zero attached hydrogens (tertiary/aromatic N) is 5. The number of hydrogen-bond acceptors (Lipinski definition) is 8. The molecule has 4 aliphatic rings. The van der Waals surface area contributed by atoms with Gasteiger partial charge >= 0.3 is 12.0 Å². The number of phenolic OH excluding ortho intramolecular Hbond substituents is 1. The minimum atomic E-state index is -0.968. The van der Waals surface area contributed by atoms with Crippen LogP contribution in [0.1, 0.15) is 52.4 Å². The van der Waals surface area contributed by atoms with Crippen LogP contribution < -0.4 is 15.0 Å². The summed E-state index contributed by atoms with van der Waals surface area (Å²) < 4.78 is 6.53. The molecule has 3 N–H and O–H groups in total. The van der Waals surface area contributed by atoms with E-state index in [9.17, 15) is 15.0 Å². The highest BCUT2D eigenvalue weighted by Gasteiger charge is 2.46. The van der Waals surface area contributed by atoms with Gasteiger partial charge in [-0.2, -0.15) is 9.97 Å². The van der Waals surface area contributed by atoms with Crippen LogP contribution in [0.15, 0.2) is 54.6 Å². The van der Waals surface area contributed by atoms with Crippen molar-refractivity contribution in [3.05, 3.63) is 54.6 Å². The lowest BCUT2D eigenvalue weighted by Crippen LogP contribution is -2.59. The average molecular weight is 637 g/mol. The van der Waals surface area contributed by atoms with E-state index in [1.807, 2.05) is 29.2 Å². The van der Waals surface area contributed by atoms with Crippen LogP contribution in [-0.4, -0.2) is 98.6 Å². The maximum absolute atomic E-state index is 13.2. The van der Waals surface area contributed by atoms with Crippen LogP contribution in [0, 0.1) is 0 Å². The first-order valence-electron chi connectivity index (χ1n) is 17.1. The molecule has 2 atom stereocenters. The first-order valence-corrected chi connectivity index (χ1v) is 17.1. The highest BCUT2D eigenvalue weighted by Crippen LogP contribution is 2.41. The molecule has 4 aliphatic heterocycles. The molecule has 0 saturated carbocycles. The SMILES string of the molecule is CC(C)(O)CNC(=O)N1[C@@H]2CC[C@H]1CN(c1nc(OCC34CCCN3CCC4)nc3cc(-c4cc(O)cc5ccccc45)ccc13)C2. The zero-order valence-corrected chi connectivity index (χ0v) is 27.3. The van der Waals surface area contributed by atoms with Gasteiger partial charge in [-0.1, -0.05) is 30.3 Å². The number of aliphatic hydroxyl groups is 1. The molecular formula is C37H44N6O4. The topological polar surface area (TPSA) is 114 Å². The van der Waals surface area contributed by atoms with Crippen LogP contribution >= 0.6 is 0 Å². The smallest absolute Gasteiger partial charge is 0.319 e. The number of anilines is 1. The Labute approximate surface area is 275 Å². The van der Waals surface area contributed by atoms with Crippen molar-refractivity contribution in [1.82, 2.24) is 25.1 Å². The van der Waals surface area contributed by atoms with Crippen molar-refractivity contribution in [2.24, 2.45) is 0 Å². The molecule has 1 aromatic heterocycles. The van der Waals surface area contributed by atoms with Gasteiger partial charge in [0.2, 0.25) is 0 Å². The van der Waals surface area contributed by atoms with Gasteiger partial charge in [-0.25, -0.2) is 4.79 Å². The van der Waals surface area contributed by atoms with Crippen molar-refractivity contribution in [3.63, 3.8) is 0 Å². The first kappa shape index (κ1) is 30.2. The Morgan fingerprint density at radius 2 is 1.74 bits per heavy atom. The van der Waals surface area contributed by atoms with E-state index in [0.29, 0.717) is 25.7 Å². The lowest BCUT2D eigenvalue weighted by atomic mass is 9.95. The number of amides is 2. The maximum atomic E-state index is 13.2. The highest BCUT2D eigenvalue weighted by molar-refractivity contribution is 6.01. The van der Waals surface area contributed by atoms with Gasteiger partial charge < -0.3 is 30.1 Å². The van der Waals surface area contributed by atoms with Crippen molar-refractivity contribution < 1.29 is 19.7 Å². The van der Waals surface area contributed by atoms with Gasteiger partial charge in [-0.3, -0.25) is 4.90 Å². The number of fused-ring (bicyclic) bond motifs is 5. The van der Waals surface area contributed by atoms with Gasteiger partial charge in [0.15, 0.2) is 0 Å². The summed E-state index contributed by atoms with van der Waals surface area (Å²) in [5.41, 5.74) is 1.80. The zero-order chi connectivity index (χ0) is 32.3. The number of nitrogens with one attached hydrogen (secondary N) is 1. The maximum Gasteiger partial charge on any atom is 0.319 e. The Balaban J connectivity index is 1.15. The van der Waals surface area contributed by atoms with Crippen LogP contribution in [0.5, 0.6) is 11.8 Å². The van der Waals surface area contributed by atoms with E-state index in [1.54, 1.807) is 19.9 Å². The molecule has 5 heterocycles. The molecular weight excluding hydrogens is 592 g/mol. The summed E-state index contributed by atoms with van der Waals surface area (Å²) in [5.74, 6) is 1.06. The minimum absolute atomic E-state index is 0.0484. The van der Waals surface area contributed by atoms with Crippen LogP contribution in [-0.2, 0) is 0 Å². The Morgan fingerprint density at radius 1 is 1.00 bits per heavy atom. The van der Waals surface area contributed by atoms with Crippen molar-refractivity contribution >= 4 is 33.5 Å². The van der Waals surface area contributed by atoms with E-state index in [2.05, 4.69) is 39.4 Å². The van der Waals surface area contributed by atoms with Gasteiger partial charge in [-0.05, 0) is 112 Å². The van der Waals surface area contributed by atoms with E-state index in [4.69, 9.17) is 14.7 Å². The van der Waals surface area contributed by atoms with Crippen LogP contribution in [0.2, 0.25) is 0 Å². The number of piperazine rings is 1. The van der Waals surface area contributed by atoms with Crippen LogP contribution in [0.3, 0.4) is 0 Å². The number of aromatic nitrogens is 2. The molecule has 3 aromatic carbocycles. The van der Waals surface area contributed by atoms with Gasteiger partial charge in [0, 0.05) is 25.0 Å². The zero-order valence-electron chi connectivity index (χ0n) is 27.3. The summed E-state index contributed by atoms with van der Waals surface area (Å²) in [4.78, 5) is 30.2. The molecule has 246 valence electrons. The number of carbonyl (C=O) groups excluding carboxylic acids is 1. The molecule has 0 aliphatic carbocycles. The molecule has 4 saturated heterocycles. The van der Waals surface area contributed by atoms with Crippen molar-refractivity contribution in [2.45, 2.75) is 75.6 Å². The fourth-order valence-electron chi connectivity index (χ4n) is 8.55. The van der Waals surface area contributed by atoms with Crippen molar-refractivity contribution in [3.8, 4) is 22.9 Å². The van der Waals surface area contributed by atoms with E-state index < -0.39 is 5.60 Å². The second kappa shape index (κ2) is 11.5. The van der Waals surface area contributed by atoms with E-state index >= 15 is 0 Å². The summed E-state index contributed by atoms with van der Waals surface area (Å²) in [6.45, 7) is 7.77. The number of hydrogen-bond donors (Lipinski definition) is 3. The molecule has 47 heavy (non-hydrogen) atoms. The normalized spacial score (nSPS) is 22.3. The first-order chi connectivity index (χ1) is 22.7. The third-order valence-corrected chi connectivity index (χ3v) is 10.8. The summed E-state index contributed by atoms with van der Waals surface area (Å²) in [6.07, 6.45) is 6.54. The molecule has 0 spiro atoms. The molecule has 10 nitrogen and oxygen atoms in total. The van der Waals surface area contributed by atoms with Gasteiger partial charge in [-0.15, -0.1) is 0 Å². The van der Waals surface area contributed by atoms with Crippen molar-refractivity contribution in [1.29, 1.82) is 0 Å². The van der Waals surface area contributed by atoms with E-state index in [-0.39, 0.29) is 35.9 Å². The number of phenols is 1. The average Bonchev–Trinajstić information content (AvgIpc) is 3.71. The predicted octanol–water partition coefficient (Wildman–Crippen LogP) is 5.30. The second-order valence-corrected chi connectivity index (χ2v) is 14.7. The number of rotatable bonds is 7. The summed E-state index contributed by atoms with van der Waals surface area (Å²) >= 11 is 0. The van der Waals surface area contributed by atoms with Crippen molar-refractivity contribution in [2.75, 3.05) is 44.2 Å². The Bertz CT molecular complexity index is 1820. The highest BCUT2D eigenvalue weighted by atomic mass is 16.5. The van der Waals surface area contributed by atoms with E-state index in [0.717, 1.165) is 77.4 Å². The Kier molecular flexibility index (Phi) is 7.40. The summed E-state index contributed by atoms with van der Waals surface area (Å²) in [6, 6.07) is 18.3. The molecule has 2 amide bonds. The predicted molar refractivity (Wildman–Crippen MR) is 183 cm³/mol. The van der Waals surface area contributed by atoms with Gasteiger partial charge in [0.25, 0.3) is 0 Å². The quantitative estimate of drug-likeness (QED) is 0.251. The van der Waals surface area contributed by atoms with Gasteiger partial charge in [0.1, 0.15) is 18.2 Å². The summed E-state index contributed by atoms with van der Waals surface area (Å²) in [7, 11) is 0. The number of urea groups is 1. The Morgan fingerprint density at radius 3 is 2.49 bits per heavy atom. The van der Waals surface area contributed by atoms with Crippen LogP contribution in [0.25, 0.3) is 32.8 Å². The summed E-state index contributed by atoms with van der Waals surface area (Å²) in [5, 5.41) is 26.7. The van der Waals surface area contributed by atoms with E-state index in [1.165, 1.54) is 12.8 Å². The minimum Gasteiger partial charge on any atom is -0.508 e. The van der Waals surface area contributed by atoms with Crippen LogP contribution in [0.4, 0.5) is 10.6 Å². The Hall–Kier alpha value is -4.15. The number of carbonyl (C=O) groups is 1. The molecule has 2 bridgehead atoms. The molecule has 10 heteroatoms. The lowest BCUT2D eigenvalue weighted by Gasteiger charge is -2.42. The largest absolute Gasteiger partial charge is 0.508 e. The number of ether oxygens (including phenoxy) is 1. The third-order valence-electron chi connectivity index (χ3n) is 10.8. The second-order valence-electron chi connectivity index (χ2n) is 14.7. The third kappa shape index (κ3) is 5.61. The number of aromatic hydroxyl groups is 1. The number of benzene rings is 3. The molecule has 4 aromatic rings. The fraction of sp³-hybridized carbons (Fsp3) is 0.486. The monoisotopic (exact) mass is 636 g/mol. The molecule has 8 rings (SSSR count). The lowest BCUT2D eigenvalue weighted by molar-refractivity contribution is 0.0773. The standard InChI is InChI=1S/C37H44N6O4/c1-36(2,46)22-38-35(45)43-26-10-11-27(43)21-41(20-26)33-30-12-9-25(31-19-28(44)17-24-7-3-4-8-29(24)31)18-32(30)39-34(40-33)47-23-37-13-5-15-42(37)16-6-14-37/h3-4,7-9,12,17-19,26-27,44,46H,5-6,10-11,13-16,20-23H2,1-2H3,(H,38,45)/t26-,27+. The van der Waals surface area contributed by atoms with Gasteiger partial charge in [0.05, 0.1) is 28.7 Å².